The number of hydrogen-bond acceptors (Lipinski definition) is 4. The molecule has 0 saturated heterocycles. The molecular weight excluding hydrogens is 268 g/mol. The van der Waals surface area contributed by atoms with Crippen LogP contribution in [0.3, 0.4) is 0 Å². The fourth-order valence-corrected chi connectivity index (χ4v) is 3.07. The van der Waals surface area contributed by atoms with Crippen molar-refractivity contribution in [2.45, 2.75) is 26.7 Å². The molecule has 3 nitrogen and oxygen atoms in total. The molecule has 0 aliphatic carbocycles. The normalized spacial score (nSPS) is 10.5. The topological polar surface area (TPSA) is 33.2 Å². The number of benzene rings is 1. The Bertz CT molecular complexity index is 551. The third kappa shape index (κ3) is 3.25. The van der Waals surface area contributed by atoms with Gasteiger partial charge in [0.1, 0.15) is 0 Å². The first-order valence-electron chi connectivity index (χ1n) is 7.06. The molecule has 1 aromatic heterocycles. The Labute approximate surface area is 124 Å². The minimum Gasteiger partial charge on any atom is -0.348 e. The molecule has 0 N–H and O–H groups in total. The molecule has 0 amide bonds. The summed E-state index contributed by atoms with van der Waals surface area (Å²) in [4.78, 5) is 18.9. The van der Waals surface area contributed by atoms with Gasteiger partial charge < -0.3 is 4.90 Å². The number of unbranched alkanes of at least 4 members (excludes halogenated alkanes) is 1. The standard InChI is InChI=1S/C16H20N2OS/c1-3-5-11-18(4-2)16-17-15(14(12-19)20-16)13-9-7-6-8-10-13/h6-10,12H,3-5,11H2,1-2H3. The van der Waals surface area contributed by atoms with Gasteiger partial charge in [-0.05, 0) is 13.3 Å². The Kier molecular flexibility index (Phi) is 5.30. The number of nitrogens with zero attached hydrogens (tertiary/aromatic N) is 2. The molecule has 0 bridgehead atoms. The van der Waals surface area contributed by atoms with E-state index in [4.69, 9.17) is 0 Å². The number of carbonyl (C=O) groups is 1. The summed E-state index contributed by atoms with van der Waals surface area (Å²) in [5.74, 6) is 0. The van der Waals surface area contributed by atoms with Crippen molar-refractivity contribution in [3.05, 3.63) is 35.2 Å². The van der Waals surface area contributed by atoms with Crippen LogP contribution in [0.25, 0.3) is 11.3 Å². The average molecular weight is 288 g/mol. The SMILES string of the molecule is CCCCN(CC)c1nc(-c2ccccc2)c(C=O)s1. The predicted octanol–water partition coefficient (Wildman–Crippen LogP) is 4.25. The van der Waals surface area contributed by atoms with E-state index in [1.165, 1.54) is 11.3 Å². The van der Waals surface area contributed by atoms with Crippen LogP contribution in [0.1, 0.15) is 36.4 Å². The molecular formula is C16H20N2OS. The van der Waals surface area contributed by atoms with Gasteiger partial charge in [0.15, 0.2) is 11.4 Å². The minimum absolute atomic E-state index is 0.709. The van der Waals surface area contributed by atoms with E-state index in [0.29, 0.717) is 4.88 Å². The third-order valence-corrected chi connectivity index (χ3v) is 4.27. The number of thiazole rings is 1. The molecule has 20 heavy (non-hydrogen) atoms. The van der Waals surface area contributed by atoms with Crippen molar-refractivity contribution in [3.63, 3.8) is 0 Å². The smallest absolute Gasteiger partial charge is 0.186 e. The highest BCUT2D eigenvalue weighted by Crippen LogP contribution is 2.32. The van der Waals surface area contributed by atoms with E-state index in [1.54, 1.807) is 0 Å². The van der Waals surface area contributed by atoms with Gasteiger partial charge in [-0.1, -0.05) is 55.0 Å². The number of aldehydes is 1. The van der Waals surface area contributed by atoms with Gasteiger partial charge in [0.05, 0.1) is 10.6 Å². The number of anilines is 1. The van der Waals surface area contributed by atoms with Crippen LogP contribution in [0.4, 0.5) is 5.13 Å². The Morgan fingerprint density at radius 3 is 2.60 bits per heavy atom. The maximum absolute atomic E-state index is 11.3. The molecule has 0 spiro atoms. The Balaban J connectivity index is 2.33. The van der Waals surface area contributed by atoms with Gasteiger partial charge in [0, 0.05) is 18.7 Å². The van der Waals surface area contributed by atoms with Crippen LogP contribution in [0.5, 0.6) is 0 Å². The van der Waals surface area contributed by atoms with Crippen molar-refractivity contribution in [2.75, 3.05) is 18.0 Å². The summed E-state index contributed by atoms with van der Waals surface area (Å²) in [6, 6.07) is 9.90. The second kappa shape index (κ2) is 7.20. The molecule has 1 aromatic carbocycles. The molecule has 4 heteroatoms. The number of rotatable bonds is 7. The predicted molar refractivity (Wildman–Crippen MR) is 85.7 cm³/mol. The molecule has 0 atom stereocenters. The van der Waals surface area contributed by atoms with E-state index < -0.39 is 0 Å². The van der Waals surface area contributed by atoms with Crippen LogP contribution >= 0.6 is 11.3 Å². The van der Waals surface area contributed by atoms with E-state index in [0.717, 1.165) is 48.6 Å². The summed E-state index contributed by atoms with van der Waals surface area (Å²) in [5, 5.41) is 0.946. The Hall–Kier alpha value is -1.68. The first kappa shape index (κ1) is 14.7. The second-order valence-electron chi connectivity index (χ2n) is 4.63. The first-order valence-corrected chi connectivity index (χ1v) is 7.88. The summed E-state index contributed by atoms with van der Waals surface area (Å²) < 4.78 is 0. The highest BCUT2D eigenvalue weighted by molar-refractivity contribution is 7.17. The average Bonchev–Trinajstić information content (AvgIpc) is 2.93. The lowest BCUT2D eigenvalue weighted by Gasteiger charge is -2.18. The zero-order valence-electron chi connectivity index (χ0n) is 12.0. The van der Waals surface area contributed by atoms with Gasteiger partial charge in [0.25, 0.3) is 0 Å². The van der Waals surface area contributed by atoms with Crippen molar-refractivity contribution < 1.29 is 4.79 Å². The lowest BCUT2D eigenvalue weighted by atomic mass is 10.1. The molecule has 106 valence electrons. The van der Waals surface area contributed by atoms with E-state index in [1.807, 2.05) is 30.3 Å². The minimum atomic E-state index is 0.709. The fourth-order valence-electron chi connectivity index (χ4n) is 2.08. The lowest BCUT2D eigenvalue weighted by Crippen LogP contribution is -2.23. The van der Waals surface area contributed by atoms with Gasteiger partial charge in [-0.3, -0.25) is 4.79 Å². The van der Waals surface area contributed by atoms with Crippen molar-refractivity contribution in [1.29, 1.82) is 0 Å². The van der Waals surface area contributed by atoms with Gasteiger partial charge in [0.2, 0.25) is 0 Å². The zero-order valence-corrected chi connectivity index (χ0v) is 12.8. The highest BCUT2D eigenvalue weighted by Gasteiger charge is 2.15. The van der Waals surface area contributed by atoms with Crippen LogP contribution < -0.4 is 4.90 Å². The van der Waals surface area contributed by atoms with Crippen LogP contribution in [-0.2, 0) is 0 Å². The van der Waals surface area contributed by atoms with Crippen molar-refractivity contribution >= 4 is 22.8 Å². The summed E-state index contributed by atoms with van der Waals surface area (Å²) in [6.07, 6.45) is 3.22. The fraction of sp³-hybridized carbons (Fsp3) is 0.375. The van der Waals surface area contributed by atoms with E-state index >= 15 is 0 Å². The quantitative estimate of drug-likeness (QED) is 0.714. The molecule has 0 aliphatic rings. The monoisotopic (exact) mass is 288 g/mol. The summed E-state index contributed by atoms with van der Waals surface area (Å²) in [5.41, 5.74) is 1.80. The summed E-state index contributed by atoms with van der Waals surface area (Å²) >= 11 is 1.48. The van der Waals surface area contributed by atoms with Gasteiger partial charge in [-0.2, -0.15) is 0 Å². The Morgan fingerprint density at radius 1 is 1.25 bits per heavy atom. The third-order valence-electron chi connectivity index (χ3n) is 3.23. The van der Waals surface area contributed by atoms with Gasteiger partial charge in [-0.25, -0.2) is 4.98 Å². The second-order valence-corrected chi connectivity index (χ2v) is 5.64. The van der Waals surface area contributed by atoms with Crippen LogP contribution in [0.2, 0.25) is 0 Å². The van der Waals surface area contributed by atoms with Crippen LogP contribution in [-0.4, -0.2) is 24.4 Å². The molecule has 1 heterocycles. The molecule has 0 radical (unpaired) electrons. The number of hydrogen-bond donors (Lipinski definition) is 0. The molecule has 0 unspecified atom stereocenters. The first-order chi connectivity index (χ1) is 9.80. The van der Waals surface area contributed by atoms with E-state index in [9.17, 15) is 4.79 Å². The van der Waals surface area contributed by atoms with Crippen LogP contribution in [0, 0.1) is 0 Å². The lowest BCUT2D eigenvalue weighted by molar-refractivity contribution is 0.112. The van der Waals surface area contributed by atoms with E-state index in [2.05, 4.69) is 23.7 Å². The zero-order chi connectivity index (χ0) is 14.4. The van der Waals surface area contributed by atoms with Crippen molar-refractivity contribution in [2.24, 2.45) is 0 Å². The summed E-state index contributed by atoms with van der Waals surface area (Å²) in [6.45, 7) is 6.22. The summed E-state index contributed by atoms with van der Waals surface area (Å²) in [7, 11) is 0. The number of carbonyl (C=O) groups excluding carboxylic acids is 1. The van der Waals surface area contributed by atoms with Gasteiger partial charge >= 0.3 is 0 Å². The largest absolute Gasteiger partial charge is 0.348 e. The van der Waals surface area contributed by atoms with E-state index in [-0.39, 0.29) is 0 Å². The molecule has 0 saturated carbocycles. The molecule has 2 rings (SSSR count). The van der Waals surface area contributed by atoms with Crippen molar-refractivity contribution in [1.82, 2.24) is 4.98 Å². The number of aromatic nitrogens is 1. The highest BCUT2D eigenvalue weighted by atomic mass is 32.1. The molecule has 0 aliphatic heterocycles. The maximum atomic E-state index is 11.3. The maximum Gasteiger partial charge on any atom is 0.186 e. The van der Waals surface area contributed by atoms with Crippen molar-refractivity contribution in [3.8, 4) is 11.3 Å². The molecule has 0 fully saturated rings. The van der Waals surface area contributed by atoms with Gasteiger partial charge in [-0.15, -0.1) is 0 Å². The molecule has 2 aromatic rings. The Morgan fingerprint density at radius 2 is 2.00 bits per heavy atom. The van der Waals surface area contributed by atoms with Crippen LogP contribution in [0.15, 0.2) is 30.3 Å².